The number of anilines is 1. The smallest absolute Gasteiger partial charge is 0.336 e. The minimum atomic E-state index is -4.57. The Morgan fingerprint density at radius 2 is 1.79 bits per heavy atom. The van der Waals surface area contributed by atoms with E-state index < -0.39 is 17.6 Å². The summed E-state index contributed by atoms with van der Waals surface area (Å²) < 4.78 is 39.6. The third-order valence-electron chi connectivity index (χ3n) is 4.28. The van der Waals surface area contributed by atoms with Crippen molar-refractivity contribution in [2.45, 2.75) is 19.0 Å². The SMILES string of the molecule is O=C(c1cc(N2CCCC2=O)cc(C(F)(F)F)c1)N1CCNCC1. The molecule has 2 amide bonds. The Bertz CT molecular complexity index is 654. The molecule has 1 N–H and O–H groups in total. The molecule has 5 nitrogen and oxygen atoms in total. The van der Waals surface area contributed by atoms with Gasteiger partial charge < -0.3 is 15.1 Å². The molecule has 130 valence electrons. The predicted molar refractivity (Wildman–Crippen MR) is 81.8 cm³/mol. The van der Waals surface area contributed by atoms with E-state index in [1.54, 1.807) is 0 Å². The molecule has 2 aliphatic rings. The Hall–Kier alpha value is -2.09. The number of nitrogens with one attached hydrogen (secondary N) is 1. The fourth-order valence-corrected chi connectivity index (χ4v) is 3.03. The zero-order valence-electron chi connectivity index (χ0n) is 13.0. The molecule has 3 rings (SSSR count). The summed E-state index contributed by atoms with van der Waals surface area (Å²) in [5.74, 6) is -0.648. The van der Waals surface area contributed by atoms with Crippen LogP contribution in [0.3, 0.4) is 0 Å². The molecule has 0 unspecified atom stereocenters. The lowest BCUT2D eigenvalue weighted by Gasteiger charge is -2.28. The van der Waals surface area contributed by atoms with E-state index in [2.05, 4.69) is 5.32 Å². The fourth-order valence-electron chi connectivity index (χ4n) is 3.03. The minimum absolute atomic E-state index is 0.0265. The van der Waals surface area contributed by atoms with E-state index in [1.165, 1.54) is 15.9 Å². The second-order valence-corrected chi connectivity index (χ2v) is 5.96. The topological polar surface area (TPSA) is 52.7 Å². The van der Waals surface area contributed by atoms with Gasteiger partial charge in [-0.1, -0.05) is 0 Å². The Kier molecular flexibility index (Phi) is 4.49. The van der Waals surface area contributed by atoms with Gasteiger partial charge in [0.1, 0.15) is 0 Å². The third-order valence-corrected chi connectivity index (χ3v) is 4.28. The van der Waals surface area contributed by atoms with E-state index in [9.17, 15) is 22.8 Å². The third kappa shape index (κ3) is 3.38. The summed E-state index contributed by atoms with van der Waals surface area (Å²) in [6.07, 6.45) is -3.65. The number of carbonyl (C=O) groups excluding carboxylic acids is 2. The van der Waals surface area contributed by atoms with E-state index in [4.69, 9.17) is 0 Å². The Balaban J connectivity index is 1.98. The van der Waals surface area contributed by atoms with Gasteiger partial charge in [0.25, 0.3) is 5.91 Å². The number of hydrogen-bond donors (Lipinski definition) is 1. The Labute approximate surface area is 137 Å². The molecule has 2 heterocycles. The summed E-state index contributed by atoms with van der Waals surface area (Å²) in [6, 6.07) is 3.20. The summed E-state index contributed by atoms with van der Waals surface area (Å²) in [6.45, 7) is 2.51. The number of halogens is 3. The molecular formula is C16H18F3N3O2. The van der Waals surface area contributed by atoms with E-state index in [-0.39, 0.29) is 17.2 Å². The van der Waals surface area contributed by atoms with Crippen molar-refractivity contribution in [2.24, 2.45) is 0 Å². The average molecular weight is 341 g/mol. The molecule has 1 aromatic rings. The first-order valence-corrected chi connectivity index (χ1v) is 7.89. The molecular weight excluding hydrogens is 323 g/mol. The average Bonchev–Trinajstić information content (AvgIpc) is 3.00. The summed E-state index contributed by atoms with van der Waals surface area (Å²) >= 11 is 0. The normalized spacial score (nSPS) is 19.0. The maximum atomic E-state index is 13.2. The lowest BCUT2D eigenvalue weighted by atomic mass is 10.1. The molecule has 8 heteroatoms. The summed E-state index contributed by atoms with van der Waals surface area (Å²) in [5, 5.41) is 3.09. The van der Waals surface area contributed by atoms with Gasteiger partial charge in [-0.3, -0.25) is 9.59 Å². The first-order chi connectivity index (χ1) is 11.4. The van der Waals surface area contributed by atoms with Crippen LogP contribution in [0, 0.1) is 0 Å². The van der Waals surface area contributed by atoms with Crippen molar-refractivity contribution >= 4 is 17.5 Å². The number of hydrogen-bond acceptors (Lipinski definition) is 3. The van der Waals surface area contributed by atoms with Crippen LogP contribution in [0.4, 0.5) is 18.9 Å². The van der Waals surface area contributed by atoms with Crippen LogP contribution in [0.25, 0.3) is 0 Å². The van der Waals surface area contributed by atoms with Crippen LogP contribution in [0.5, 0.6) is 0 Å². The Morgan fingerprint density at radius 3 is 2.38 bits per heavy atom. The van der Waals surface area contributed by atoms with Gasteiger partial charge in [0.15, 0.2) is 0 Å². The zero-order chi connectivity index (χ0) is 17.3. The van der Waals surface area contributed by atoms with E-state index >= 15 is 0 Å². The van der Waals surface area contributed by atoms with Gasteiger partial charge in [-0.2, -0.15) is 13.2 Å². The number of nitrogens with zero attached hydrogens (tertiary/aromatic N) is 2. The molecule has 2 fully saturated rings. The maximum Gasteiger partial charge on any atom is 0.416 e. The van der Waals surface area contributed by atoms with Gasteiger partial charge in [0, 0.05) is 50.4 Å². The predicted octanol–water partition coefficient (Wildman–Crippen LogP) is 1.88. The number of alkyl halides is 3. The largest absolute Gasteiger partial charge is 0.416 e. The highest BCUT2D eigenvalue weighted by atomic mass is 19.4. The highest BCUT2D eigenvalue weighted by Gasteiger charge is 2.34. The van der Waals surface area contributed by atoms with Gasteiger partial charge in [-0.05, 0) is 24.6 Å². The fraction of sp³-hybridized carbons (Fsp3) is 0.500. The van der Waals surface area contributed by atoms with Crippen LogP contribution in [-0.4, -0.2) is 49.4 Å². The molecule has 0 aliphatic carbocycles. The van der Waals surface area contributed by atoms with Crippen LogP contribution < -0.4 is 10.2 Å². The van der Waals surface area contributed by atoms with Crippen molar-refractivity contribution in [1.29, 1.82) is 0 Å². The summed E-state index contributed by atoms with van der Waals surface area (Å²) in [4.78, 5) is 27.3. The Morgan fingerprint density at radius 1 is 1.08 bits per heavy atom. The number of carbonyl (C=O) groups is 2. The number of piperazine rings is 1. The molecule has 0 radical (unpaired) electrons. The standard InChI is InChI=1S/C16H18F3N3O2/c17-16(18,19)12-8-11(15(24)21-6-3-20-4-7-21)9-13(10-12)22-5-1-2-14(22)23/h8-10,20H,1-7H2. The van der Waals surface area contributed by atoms with Crippen LogP contribution in [0.2, 0.25) is 0 Å². The van der Waals surface area contributed by atoms with E-state index in [1.807, 2.05) is 0 Å². The van der Waals surface area contributed by atoms with Crippen molar-refractivity contribution in [1.82, 2.24) is 10.2 Å². The quantitative estimate of drug-likeness (QED) is 0.894. The molecule has 0 saturated carbocycles. The number of rotatable bonds is 2. The van der Waals surface area contributed by atoms with Crippen LogP contribution in [0.15, 0.2) is 18.2 Å². The van der Waals surface area contributed by atoms with Gasteiger partial charge >= 0.3 is 6.18 Å². The van der Waals surface area contributed by atoms with Crippen molar-refractivity contribution in [3.63, 3.8) is 0 Å². The van der Waals surface area contributed by atoms with Crippen molar-refractivity contribution < 1.29 is 22.8 Å². The van der Waals surface area contributed by atoms with Crippen molar-refractivity contribution in [3.8, 4) is 0 Å². The summed E-state index contributed by atoms with van der Waals surface area (Å²) in [5.41, 5.74) is -0.787. The molecule has 2 aliphatic heterocycles. The van der Waals surface area contributed by atoms with Crippen LogP contribution in [0.1, 0.15) is 28.8 Å². The molecule has 0 atom stereocenters. The monoisotopic (exact) mass is 341 g/mol. The van der Waals surface area contributed by atoms with Crippen LogP contribution >= 0.6 is 0 Å². The van der Waals surface area contributed by atoms with Crippen molar-refractivity contribution in [3.05, 3.63) is 29.3 Å². The minimum Gasteiger partial charge on any atom is -0.336 e. The molecule has 0 aromatic heterocycles. The zero-order valence-corrected chi connectivity index (χ0v) is 13.0. The second kappa shape index (κ2) is 6.43. The van der Waals surface area contributed by atoms with Crippen LogP contribution in [-0.2, 0) is 11.0 Å². The van der Waals surface area contributed by atoms with Gasteiger partial charge in [-0.25, -0.2) is 0 Å². The molecule has 24 heavy (non-hydrogen) atoms. The lowest BCUT2D eigenvalue weighted by molar-refractivity contribution is -0.137. The number of benzene rings is 1. The molecule has 1 aromatic carbocycles. The number of amides is 2. The highest BCUT2D eigenvalue weighted by Crippen LogP contribution is 2.34. The van der Waals surface area contributed by atoms with Gasteiger partial charge in [0.2, 0.25) is 5.91 Å². The highest BCUT2D eigenvalue weighted by molar-refractivity contribution is 5.99. The van der Waals surface area contributed by atoms with E-state index in [0.717, 1.165) is 12.1 Å². The summed E-state index contributed by atoms with van der Waals surface area (Å²) in [7, 11) is 0. The molecule has 0 bridgehead atoms. The molecule has 0 spiro atoms. The first-order valence-electron chi connectivity index (χ1n) is 7.89. The van der Waals surface area contributed by atoms with E-state index in [0.29, 0.717) is 45.6 Å². The lowest BCUT2D eigenvalue weighted by Crippen LogP contribution is -2.46. The molecule has 2 saturated heterocycles. The maximum absolute atomic E-state index is 13.2. The first kappa shape index (κ1) is 16.8. The second-order valence-electron chi connectivity index (χ2n) is 5.96. The van der Waals surface area contributed by atoms with Gasteiger partial charge in [0.05, 0.1) is 5.56 Å². The van der Waals surface area contributed by atoms with Crippen molar-refractivity contribution in [2.75, 3.05) is 37.6 Å². The van der Waals surface area contributed by atoms with Gasteiger partial charge in [-0.15, -0.1) is 0 Å².